The van der Waals surface area contributed by atoms with Crippen LogP contribution in [0.5, 0.6) is 0 Å². The van der Waals surface area contributed by atoms with E-state index in [2.05, 4.69) is 4.72 Å². The van der Waals surface area contributed by atoms with Crippen molar-refractivity contribution in [1.29, 1.82) is 0 Å². The Hall–Kier alpha value is -1.00. The molecule has 0 bridgehead atoms. The fourth-order valence-corrected chi connectivity index (χ4v) is 4.23. The molecular formula is C12H18N2O5S2. The standard InChI is InChI=1S/C12H18N2O5S2/c1-19-12-4-2-3-11(12)14-21(17,18)10-7-5-9(6-8-10)20(13,15)16/h5-8,11-12,14H,2-4H2,1H3,(H2,13,15,16). The molecule has 0 aliphatic heterocycles. The lowest BCUT2D eigenvalue weighted by Gasteiger charge is -2.19. The second kappa shape index (κ2) is 6.01. The molecule has 7 nitrogen and oxygen atoms in total. The van der Waals surface area contributed by atoms with E-state index in [0.717, 1.165) is 12.8 Å². The zero-order valence-electron chi connectivity index (χ0n) is 11.5. The third-order valence-corrected chi connectivity index (χ3v) is 5.96. The lowest BCUT2D eigenvalue weighted by atomic mass is 10.2. The quantitative estimate of drug-likeness (QED) is 0.797. The molecule has 9 heteroatoms. The first-order valence-electron chi connectivity index (χ1n) is 6.42. The molecule has 1 aromatic rings. The number of rotatable bonds is 5. The number of nitrogens with one attached hydrogen (secondary N) is 1. The molecule has 0 aromatic heterocycles. The summed E-state index contributed by atoms with van der Waals surface area (Å²) in [6.07, 6.45) is 2.29. The van der Waals surface area contributed by atoms with E-state index < -0.39 is 20.0 Å². The second-order valence-corrected chi connectivity index (χ2v) is 8.22. The summed E-state index contributed by atoms with van der Waals surface area (Å²) in [7, 11) is -6.00. The summed E-state index contributed by atoms with van der Waals surface area (Å²) in [6.45, 7) is 0. The number of ether oxygens (including phenoxy) is 1. The van der Waals surface area contributed by atoms with Gasteiger partial charge in [0, 0.05) is 13.2 Å². The maximum absolute atomic E-state index is 12.3. The third kappa shape index (κ3) is 3.80. The van der Waals surface area contributed by atoms with Gasteiger partial charge in [-0.05, 0) is 43.5 Å². The van der Waals surface area contributed by atoms with Gasteiger partial charge in [0.25, 0.3) is 0 Å². The normalized spacial score (nSPS) is 23.3. The molecule has 118 valence electrons. The Kier molecular flexibility index (Phi) is 4.69. The van der Waals surface area contributed by atoms with Gasteiger partial charge in [-0.1, -0.05) is 0 Å². The third-order valence-electron chi connectivity index (χ3n) is 3.52. The lowest BCUT2D eigenvalue weighted by molar-refractivity contribution is 0.0916. The zero-order valence-corrected chi connectivity index (χ0v) is 13.2. The van der Waals surface area contributed by atoms with Crippen LogP contribution in [0, 0.1) is 0 Å². The van der Waals surface area contributed by atoms with Crippen molar-refractivity contribution in [3.05, 3.63) is 24.3 Å². The van der Waals surface area contributed by atoms with Crippen molar-refractivity contribution >= 4 is 20.0 Å². The predicted octanol–water partition coefficient (Wildman–Crippen LogP) is 0.180. The number of methoxy groups -OCH3 is 1. The van der Waals surface area contributed by atoms with Crippen LogP contribution in [-0.2, 0) is 24.8 Å². The number of sulfonamides is 2. The van der Waals surface area contributed by atoms with Gasteiger partial charge in [-0.3, -0.25) is 0 Å². The summed E-state index contributed by atoms with van der Waals surface area (Å²) in [6, 6.07) is 4.52. The maximum atomic E-state index is 12.3. The number of benzene rings is 1. The van der Waals surface area contributed by atoms with E-state index in [1.807, 2.05) is 0 Å². The van der Waals surface area contributed by atoms with Gasteiger partial charge in [0.2, 0.25) is 20.0 Å². The Bertz CT molecular complexity index is 698. The van der Waals surface area contributed by atoms with Gasteiger partial charge >= 0.3 is 0 Å². The van der Waals surface area contributed by atoms with Gasteiger partial charge in [0.15, 0.2) is 0 Å². The van der Waals surface area contributed by atoms with Crippen LogP contribution in [0.3, 0.4) is 0 Å². The summed E-state index contributed by atoms with van der Waals surface area (Å²) in [5, 5.41) is 4.97. The van der Waals surface area contributed by atoms with E-state index in [0.29, 0.717) is 6.42 Å². The highest BCUT2D eigenvalue weighted by Gasteiger charge is 2.31. The first-order chi connectivity index (χ1) is 9.74. The molecule has 1 aliphatic rings. The lowest BCUT2D eigenvalue weighted by Crippen LogP contribution is -2.40. The molecule has 1 aromatic carbocycles. The number of primary sulfonamides is 1. The topological polar surface area (TPSA) is 116 Å². The summed E-state index contributed by atoms with van der Waals surface area (Å²) >= 11 is 0. The van der Waals surface area contributed by atoms with Gasteiger partial charge < -0.3 is 4.74 Å². The smallest absolute Gasteiger partial charge is 0.240 e. The van der Waals surface area contributed by atoms with E-state index in [9.17, 15) is 16.8 Å². The monoisotopic (exact) mass is 334 g/mol. The fraction of sp³-hybridized carbons (Fsp3) is 0.500. The molecule has 2 atom stereocenters. The average molecular weight is 334 g/mol. The Morgan fingerprint density at radius 3 is 2.19 bits per heavy atom. The molecule has 0 spiro atoms. The van der Waals surface area contributed by atoms with E-state index in [1.54, 1.807) is 7.11 Å². The first kappa shape index (κ1) is 16.4. The molecule has 21 heavy (non-hydrogen) atoms. The predicted molar refractivity (Wildman–Crippen MR) is 76.6 cm³/mol. The number of hydrogen-bond donors (Lipinski definition) is 2. The summed E-state index contributed by atoms with van der Waals surface area (Å²) < 4.78 is 54.7. The van der Waals surface area contributed by atoms with E-state index in [4.69, 9.17) is 9.88 Å². The molecule has 0 amide bonds. The van der Waals surface area contributed by atoms with Crippen LogP contribution in [0.1, 0.15) is 19.3 Å². The molecule has 0 radical (unpaired) electrons. The van der Waals surface area contributed by atoms with Crippen molar-refractivity contribution < 1.29 is 21.6 Å². The van der Waals surface area contributed by atoms with Crippen molar-refractivity contribution in [3.8, 4) is 0 Å². The molecule has 1 aliphatic carbocycles. The van der Waals surface area contributed by atoms with Crippen LogP contribution in [0.25, 0.3) is 0 Å². The Balaban J connectivity index is 2.20. The minimum absolute atomic E-state index is 0.00310. The molecule has 0 heterocycles. The molecule has 1 fully saturated rings. The molecular weight excluding hydrogens is 316 g/mol. The minimum atomic E-state index is -3.84. The maximum Gasteiger partial charge on any atom is 0.240 e. The van der Waals surface area contributed by atoms with E-state index >= 15 is 0 Å². The van der Waals surface area contributed by atoms with Gasteiger partial charge in [-0.15, -0.1) is 0 Å². The van der Waals surface area contributed by atoms with Gasteiger partial charge in [0.1, 0.15) is 0 Å². The molecule has 2 unspecified atom stereocenters. The number of nitrogens with two attached hydrogens (primary N) is 1. The largest absolute Gasteiger partial charge is 0.380 e. The Morgan fingerprint density at radius 2 is 1.67 bits per heavy atom. The van der Waals surface area contributed by atoms with E-state index in [1.165, 1.54) is 24.3 Å². The van der Waals surface area contributed by atoms with Crippen LogP contribution < -0.4 is 9.86 Å². The highest BCUT2D eigenvalue weighted by atomic mass is 32.2. The van der Waals surface area contributed by atoms with Crippen molar-refractivity contribution in [2.24, 2.45) is 5.14 Å². The SMILES string of the molecule is COC1CCCC1NS(=O)(=O)c1ccc(S(N)(=O)=O)cc1. The molecule has 1 saturated carbocycles. The zero-order chi connectivity index (χ0) is 15.7. The highest BCUT2D eigenvalue weighted by molar-refractivity contribution is 7.89. The molecule has 3 N–H and O–H groups in total. The summed E-state index contributed by atoms with van der Waals surface area (Å²) in [5.41, 5.74) is 0. The fourth-order valence-electron chi connectivity index (χ4n) is 2.42. The summed E-state index contributed by atoms with van der Waals surface area (Å²) in [5.74, 6) is 0. The Morgan fingerprint density at radius 1 is 1.10 bits per heavy atom. The van der Waals surface area contributed by atoms with Crippen molar-refractivity contribution in [2.75, 3.05) is 7.11 Å². The van der Waals surface area contributed by atoms with Crippen LogP contribution in [0.4, 0.5) is 0 Å². The van der Waals surface area contributed by atoms with Crippen LogP contribution in [0.2, 0.25) is 0 Å². The van der Waals surface area contributed by atoms with E-state index in [-0.39, 0.29) is 21.9 Å². The van der Waals surface area contributed by atoms with Crippen LogP contribution in [0.15, 0.2) is 34.1 Å². The minimum Gasteiger partial charge on any atom is -0.380 e. The van der Waals surface area contributed by atoms with Crippen molar-refractivity contribution in [3.63, 3.8) is 0 Å². The van der Waals surface area contributed by atoms with Crippen LogP contribution in [-0.4, -0.2) is 36.1 Å². The first-order valence-corrected chi connectivity index (χ1v) is 9.45. The molecule has 0 saturated heterocycles. The van der Waals surface area contributed by atoms with Gasteiger partial charge in [-0.2, -0.15) is 0 Å². The van der Waals surface area contributed by atoms with Crippen molar-refractivity contribution in [1.82, 2.24) is 4.72 Å². The van der Waals surface area contributed by atoms with Crippen LogP contribution >= 0.6 is 0 Å². The Labute approximate surface area is 124 Å². The second-order valence-electron chi connectivity index (χ2n) is 4.95. The highest BCUT2D eigenvalue weighted by Crippen LogP contribution is 2.23. The summed E-state index contributed by atoms with van der Waals surface area (Å²) in [4.78, 5) is -0.131. The van der Waals surface area contributed by atoms with Crippen molar-refractivity contribution in [2.45, 2.75) is 41.2 Å². The van der Waals surface area contributed by atoms with Gasteiger partial charge in [-0.25, -0.2) is 26.7 Å². The average Bonchev–Trinajstić information content (AvgIpc) is 2.84. The molecule has 2 rings (SSSR count). The number of hydrogen-bond acceptors (Lipinski definition) is 5. The van der Waals surface area contributed by atoms with Gasteiger partial charge in [0.05, 0.1) is 15.9 Å².